The molecule has 2 bridgehead atoms. The van der Waals surface area contributed by atoms with Gasteiger partial charge in [0, 0.05) is 24.7 Å². The van der Waals surface area contributed by atoms with E-state index in [0.717, 1.165) is 37.2 Å². The van der Waals surface area contributed by atoms with Gasteiger partial charge in [-0.15, -0.1) is 0 Å². The molecule has 1 amide bonds. The standard InChI is InChI=1S/C27H25ClF7N3O6S/c1-45(41,42)38(44-25(40)27(33,34)35)24(39)19-9-18(13-2-3-13)14(6-22(19)29)12-37-15-4-5-16(37)8-17(7-15)43-23-10-20(26(30,31)32)21(28)11-36-23/h6,9-11,13,15-17H,2-5,7-8,12H2,1H3. The van der Waals surface area contributed by atoms with Gasteiger partial charge in [0.1, 0.15) is 11.9 Å². The van der Waals surface area contributed by atoms with Crippen LogP contribution in [0.5, 0.6) is 5.88 Å². The monoisotopic (exact) mass is 687 g/mol. The topological polar surface area (TPSA) is 106 Å². The van der Waals surface area contributed by atoms with Crippen molar-refractivity contribution in [3.8, 4) is 5.88 Å². The van der Waals surface area contributed by atoms with Crippen LogP contribution in [-0.4, -0.2) is 65.3 Å². The predicted octanol–water partition coefficient (Wildman–Crippen LogP) is 5.77. The van der Waals surface area contributed by atoms with Crippen molar-refractivity contribution in [2.45, 2.75) is 81.5 Å². The van der Waals surface area contributed by atoms with Crippen molar-refractivity contribution in [3.63, 3.8) is 0 Å². The van der Waals surface area contributed by atoms with E-state index in [-0.39, 0.29) is 30.4 Å². The number of ether oxygens (including phenoxy) is 1. The number of sulfonamides is 1. The summed E-state index contributed by atoms with van der Waals surface area (Å²) in [5.41, 5.74) is -0.970. The summed E-state index contributed by atoms with van der Waals surface area (Å²) in [6.45, 7) is 0.218. The minimum Gasteiger partial charge on any atom is -0.474 e. The second kappa shape index (κ2) is 11.9. The van der Waals surface area contributed by atoms with Gasteiger partial charge in [-0.1, -0.05) is 16.1 Å². The van der Waals surface area contributed by atoms with Crippen LogP contribution in [0.3, 0.4) is 0 Å². The van der Waals surface area contributed by atoms with E-state index in [1.165, 1.54) is 0 Å². The zero-order valence-electron chi connectivity index (χ0n) is 23.3. The van der Waals surface area contributed by atoms with Gasteiger partial charge in [-0.25, -0.2) is 22.6 Å². The third-order valence-corrected chi connectivity index (χ3v) is 9.10. The second-order valence-electron chi connectivity index (χ2n) is 11.2. The molecule has 2 aliphatic heterocycles. The summed E-state index contributed by atoms with van der Waals surface area (Å²) < 4.78 is 122. The van der Waals surface area contributed by atoms with Gasteiger partial charge in [0.2, 0.25) is 5.88 Å². The summed E-state index contributed by atoms with van der Waals surface area (Å²) in [4.78, 5) is 34.0. The largest absolute Gasteiger partial charge is 0.493 e. The molecule has 1 saturated carbocycles. The quantitative estimate of drug-likeness (QED) is 0.267. The van der Waals surface area contributed by atoms with Gasteiger partial charge in [-0.2, -0.15) is 26.3 Å². The number of carbonyl (C=O) groups excluding carboxylic acids is 2. The summed E-state index contributed by atoms with van der Waals surface area (Å²) in [7, 11) is -4.89. The van der Waals surface area contributed by atoms with Crippen LogP contribution in [0.15, 0.2) is 24.4 Å². The second-order valence-corrected chi connectivity index (χ2v) is 13.5. The molecule has 2 aromatic rings. The molecule has 1 aromatic carbocycles. The molecule has 1 aromatic heterocycles. The minimum atomic E-state index is -5.63. The lowest BCUT2D eigenvalue weighted by Gasteiger charge is -2.39. The molecule has 2 unspecified atom stereocenters. The number of carbonyl (C=O) groups is 2. The average Bonchev–Trinajstić information content (AvgIpc) is 3.72. The number of alkyl halides is 6. The first kappa shape index (κ1) is 33.2. The SMILES string of the molecule is CS(=O)(=O)N(OC(=O)C(F)(F)F)C(=O)c1cc(C2CC2)c(CN2C3CCC2CC(Oc2cc(C(F)(F)F)c(Cl)cn2)C3)cc1F. The van der Waals surface area contributed by atoms with E-state index in [2.05, 4.69) is 14.7 Å². The van der Waals surface area contributed by atoms with Gasteiger partial charge in [0.25, 0.3) is 10.0 Å². The number of nitrogens with zero attached hydrogens (tertiary/aromatic N) is 3. The zero-order chi connectivity index (χ0) is 33.1. The van der Waals surface area contributed by atoms with Crippen LogP contribution < -0.4 is 4.74 Å². The molecule has 18 heteroatoms. The number of benzene rings is 1. The number of hydrogen-bond donors (Lipinski definition) is 0. The maximum atomic E-state index is 15.4. The molecule has 1 aliphatic carbocycles. The van der Waals surface area contributed by atoms with Crippen molar-refractivity contribution >= 4 is 33.5 Å². The summed E-state index contributed by atoms with van der Waals surface area (Å²) in [5, 5.41) is -0.553. The highest BCUT2D eigenvalue weighted by molar-refractivity contribution is 7.88. The van der Waals surface area contributed by atoms with E-state index in [1.54, 1.807) is 0 Å². The molecule has 0 spiro atoms. The zero-order valence-corrected chi connectivity index (χ0v) is 24.9. The third-order valence-electron chi connectivity index (χ3n) is 7.96. The minimum absolute atomic E-state index is 0.0814. The van der Waals surface area contributed by atoms with Crippen LogP contribution in [0.2, 0.25) is 5.02 Å². The Balaban J connectivity index is 1.34. The lowest BCUT2D eigenvalue weighted by atomic mass is 9.95. The molecule has 45 heavy (non-hydrogen) atoms. The smallest absolute Gasteiger partial charge is 0.474 e. The first-order valence-electron chi connectivity index (χ1n) is 13.6. The fourth-order valence-corrected chi connectivity index (χ4v) is 6.65. The van der Waals surface area contributed by atoms with E-state index < -0.39 is 66.8 Å². The molecule has 0 radical (unpaired) electrons. The van der Waals surface area contributed by atoms with Crippen LogP contribution >= 0.6 is 11.6 Å². The van der Waals surface area contributed by atoms with Crippen molar-refractivity contribution in [2.24, 2.45) is 0 Å². The van der Waals surface area contributed by atoms with Gasteiger partial charge in [-0.3, -0.25) is 9.69 Å². The highest BCUT2D eigenvalue weighted by Crippen LogP contribution is 2.45. The van der Waals surface area contributed by atoms with Crippen molar-refractivity contribution in [1.29, 1.82) is 0 Å². The number of pyridine rings is 1. The van der Waals surface area contributed by atoms with Gasteiger partial charge >= 0.3 is 24.2 Å². The van der Waals surface area contributed by atoms with E-state index in [9.17, 15) is 44.3 Å². The van der Waals surface area contributed by atoms with Crippen LogP contribution in [0, 0.1) is 5.82 Å². The molecular weight excluding hydrogens is 663 g/mol. The average molecular weight is 688 g/mol. The summed E-state index contributed by atoms with van der Waals surface area (Å²) >= 11 is 5.65. The summed E-state index contributed by atoms with van der Waals surface area (Å²) in [6, 6.07) is 2.68. The van der Waals surface area contributed by atoms with Gasteiger partial charge < -0.3 is 9.57 Å². The fraction of sp³-hybridized carbons (Fsp3) is 0.519. The number of amides is 1. The molecule has 2 saturated heterocycles. The molecule has 5 rings (SSSR count). The number of fused-ring (bicyclic) bond motifs is 2. The Morgan fingerprint density at radius 2 is 1.67 bits per heavy atom. The Labute approximate surface area is 257 Å². The lowest BCUT2D eigenvalue weighted by Crippen LogP contribution is -2.46. The van der Waals surface area contributed by atoms with Gasteiger partial charge in [0.15, 0.2) is 0 Å². The Kier molecular flexibility index (Phi) is 8.76. The van der Waals surface area contributed by atoms with Crippen LogP contribution in [0.25, 0.3) is 0 Å². The summed E-state index contributed by atoms with van der Waals surface area (Å²) in [6.07, 6.45) is -5.88. The van der Waals surface area contributed by atoms with E-state index in [1.807, 2.05) is 0 Å². The van der Waals surface area contributed by atoms with Gasteiger partial charge in [-0.05, 0) is 67.7 Å². The Bertz CT molecular complexity index is 1600. The summed E-state index contributed by atoms with van der Waals surface area (Å²) in [5.74, 6) is -6.34. The van der Waals surface area contributed by atoms with Crippen molar-refractivity contribution in [1.82, 2.24) is 14.4 Å². The lowest BCUT2D eigenvalue weighted by molar-refractivity contribution is -0.216. The normalized spacial score (nSPS) is 22.3. The van der Waals surface area contributed by atoms with Crippen molar-refractivity contribution in [2.75, 3.05) is 6.26 Å². The Morgan fingerprint density at radius 1 is 1.04 bits per heavy atom. The molecule has 9 nitrogen and oxygen atoms in total. The van der Waals surface area contributed by atoms with E-state index in [0.29, 0.717) is 43.1 Å². The first-order valence-corrected chi connectivity index (χ1v) is 15.9. The highest BCUT2D eigenvalue weighted by Gasteiger charge is 2.46. The number of hydroxylamine groups is 1. The number of hydrogen-bond acceptors (Lipinski definition) is 8. The predicted molar refractivity (Wildman–Crippen MR) is 142 cm³/mol. The first-order chi connectivity index (χ1) is 20.8. The highest BCUT2D eigenvalue weighted by atomic mass is 35.5. The molecule has 3 heterocycles. The van der Waals surface area contributed by atoms with E-state index in [4.69, 9.17) is 16.3 Å². The number of aromatic nitrogens is 1. The molecule has 3 fully saturated rings. The maximum Gasteiger partial charge on any atom is 0.493 e. The molecule has 0 N–H and O–H groups in total. The third kappa shape index (κ3) is 7.30. The number of rotatable bonds is 7. The molecular formula is C27H25ClF7N3O6S. The van der Waals surface area contributed by atoms with Gasteiger partial charge in [0.05, 0.1) is 28.6 Å². The Hall–Kier alpha value is -3.18. The number of halogens is 8. The van der Waals surface area contributed by atoms with Crippen molar-refractivity contribution in [3.05, 3.63) is 57.5 Å². The van der Waals surface area contributed by atoms with Crippen LogP contribution in [0.1, 0.15) is 71.5 Å². The van der Waals surface area contributed by atoms with E-state index >= 15 is 4.39 Å². The number of piperidine rings is 1. The van der Waals surface area contributed by atoms with Crippen molar-refractivity contribution < 1.29 is 58.3 Å². The molecule has 2 atom stereocenters. The fourth-order valence-electron chi connectivity index (χ4n) is 5.84. The van der Waals surface area contributed by atoms with Crippen LogP contribution in [-0.2, 0) is 32.4 Å². The van der Waals surface area contributed by atoms with Crippen LogP contribution in [0.4, 0.5) is 30.7 Å². The molecule has 3 aliphatic rings. The Morgan fingerprint density at radius 3 is 2.20 bits per heavy atom. The maximum absolute atomic E-state index is 15.4. The molecule has 246 valence electrons.